The van der Waals surface area contributed by atoms with Gasteiger partial charge in [-0.3, -0.25) is 28.8 Å². The minimum absolute atomic E-state index is 0.0254. The van der Waals surface area contributed by atoms with Crippen LogP contribution < -0.4 is 26.8 Å². The number of anilines is 1. The molecule has 246 valence electrons. The summed E-state index contributed by atoms with van der Waals surface area (Å²) in [4.78, 5) is 69.7. The summed E-state index contributed by atoms with van der Waals surface area (Å²) >= 11 is 0. The molecule has 0 radical (unpaired) electrons. The van der Waals surface area contributed by atoms with Gasteiger partial charge < -0.3 is 30.3 Å². The minimum Gasteiger partial charge on any atom is -0.451 e. The van der Waals surface area contributed by atoms with Crippen molar-refractivity contribution in [2.75, 3.05) is 12.4 Å². The van der Waals surface area contributed by atoms with Crippen molar-refractivity contribution >= 4 is 46.6 Å². The van der Waals surface area contributed by atoms with Crippen LogP contribution in [-0.4, -0.2) is 53.6 Å². The van der Waals surface area contributed by atoms with E-state index in [1.165, 1.54) is 24.1 Å². The molecule has 2 bridgehead atoms. The van der Waals surface area contributed by atoms with Gasteiger partial charge in [-0.25, -0.2) is 0 Å². The molecule has 3 fully saturated rings. The highest BCUT2D eigenvalue weighted by molar-refractivity contribution is 6.36. The number of para-hydroxylation sites is 1. The molecule has 3 aliphatic carbocycles. The van der Waals surface area contributed by atoms with Crippen LogP contribution in [0, 0.1) is 24.2 Å². The molecule has 4 N–H and O–H groups in total. The Bertz CT molecular complexity index is 1660. The first-order chi connectivity index (χ1) is 21.8. The number of Topliss-reactive ketones (excluding diaryl/α,β-unsaturated/α-hetero) is 1. The van der Waals surface area contributed by atoms with Crippen molar-refractivity contribution in [3.05, 3.63) is 64.3 Å². The number of rotatable bonds is 11. The summed E-state index contributed by atoms with van der Waals surface area (Å²) in [6.45, 7) is 8.22. The Morgan fingerprint density at radius 3 is 2.39 bits per heavy atom. The number of hydrogen-bond donors (Lipinski definition) is 4. The van der Waals surface area contributed by atoms with Crippen molar-refractivity contribution < 1.29 is 28.4 Å². The molecule has 3 unspecified atom stereocenters. The van der Waals surface area contributed by atoms with Gasteiger partial charge in [-0.15, -0.1) is 0 Å². The van der Waals surface area contributed by atoms with Crippen LogP contribution in [0.4, 0.5) is 5.69 Å². The second-order valence-corrected chi connectivity index (χ2v) is 12.8. The maximum absolute atomic E-state index is 12.3. The van der Waals surface area contributed by atoms with Gasteiger partial charge in [0.1, 0.15) is 17.8 Å². The van der Waals surface area contributed by atoms with Crippen molar-refractivity contribution in [1.82, 2.24) is 20.5 Å². The number of fused-ring (bicyclic) bond motifs is 3. The van der Waals surface area contributed by atoms with Crippen LogP contribution in [0.1, 0.15) is 69.0 Å². The highest BCUT2D eigenvalue weighted by Crippen LogP contribution is 2.59. The Labute approximate surface area is 267 Å². The normalized spacial score (nSPS) is 19.8. The third-order valence-electron chi connectivity index (χ3n) is 9.44. The van der Waals surface area contributed by atoms with E-state index in [0.29, 0.717) is 35.7 Å². The molecule has 2 aromatic heterocycles. The van der Waals surface area contributed by atoms with E-state index < -0.39 is 11.7 Å². The average Bonchev–Trinajstić information content (AvgIpc) is 3.38. The number of amides is 4. The summed E-state index contributed by atoms with van der Waals surface area (Å²) in [6, 6.07) is 10.6. The molecular weight excluding hydrogens is 590 g/mol. The SMILES string of the molecule is CC1(C)C2CC(NC(=O)Cn3cccc(NC=O)c3=O)CC1C2.CNC(=O)C(=O)CCC(C)NC(=O)c1oc2ccccc2c1C. The van der Waals surface area contributed by atoms with Crippen LogP contribution in [-0.2, 0) is 25.7 Å². The molecule has 12 heteroatoms. The standard InChI is InChI=1S/C17H23N3O3.C17H20N2O4/c1-17(2)11-6-12(17)8-13(7-11)19-15(22)9-20-5-3-4-14(16(20)23)18-10-21;1-10(8-9-13(20)16(21)18-3)19-17(22)15-11(2)12-6-4-5-7-14(12)23-15/h3-5,10-13H,6-9H2,1-2H3,(H,18,21)(H,19,22);4-7,10H,8-9H2,1-3H3,(H,18,21)(H,19,22). The molecule has 3 aliphatic rings. The van der Waals surface area contributed by atoms with E-state index in [1.807, 2.05) is 31.2 Å². The Morgan fingerprint density at radius 1 is 1.07 bits per heavy atom. The topological polar surface area (TPSA) is 169 Å². The zero-order valence-corrected chi connectivity index (χ0v) is 27.0. The quantitative estimate of drug-likeness (QED) is 0.186. The van der Waals surface area contributed by atoms with E-state index >= 15 is 0 Å². The molecule has 1 aromatic carbocycles. The second kappa shape index (κ2) is 14.6. The van der Waals surface area contributed by atoms with Crippen molar-refractivity contribution in [2.24, 2.45) is 17.3 Å². The van der Waals surface area contributed by atoms with Crippen LogP contribution in [0.3, 0.4) is 0 Å². The minimum atomic E-state index is -0.614. The van der Waals surface area contributed by atoms with E-state index in [-0.39, 0.29) is 53.9 Å². The zero-order chi connectivity index (χ0) is 33.6. The number of ketones is 1. The second-order valence-electron chi connectivity index (χ2n) is 12.8. The van der Waals surface area contributed by atoms with E-state index in [4.69, 9.17) is 4.42 Å². The van der Waals surface area contributed by atoms with Gasteiger partial charge in [-0.2, -0.15) is 0 Å². The monoisotopic (exact) mass is 633 g/mol. The molecule has 0 spiro atoms. The molecule has 12 nitrogen and oxygen atoms in total. The predicted octanol–water partition coefficient (Wildman–Crippen LogP) is 3.31. The molecule has 2 heterocycles. The molecule has 46 heavy (non-hydrogen) atoms. The zero-order valence-electron chi connectivity index (χ0n) is 27.0. The number of nitrogens with one attached hydrogen (secondary N) is 4. The Balaban J connectivity index is 0.000000209. The molecule has 4 amide bonds. The predicted molar refractivity (Wildman–Crippen MR) is 173 cm³/mol. The van der Waals surface area contributed by atoms with E-state index in [2.05, 4.69) is 35.1 Å². The van der Waals surface area contributed by atoms with Crippen LogP contribution >= 0.6 is 0 Å². The van der Waals surface area contributed by atoms with E-state index in [1.54, 1.807) is 19.2 Å². The molecule has 3 atom stereocenters. The fourth-order valence-corrected chi connectivity index (χ4v) is 6.44. The summed E-state index contributed by atoms with van der Waals surface area (Å²) in [5.41, 5.74) is 1.66. The molecule has 0 saturated heterocycles. The molecule has 3 aromatic rings. The van der Waals surface area contributed by atoms with Gasteiger partial charge in [0.15, 0.2) is 5.76 Å². The Morgan fingerprint density at radius 2 is 1.76 bits per heavy atom. The summed E-state index contributed by atoms with van der Waals surface area (Å²) in [6.07, 6.45) is 5.81. The first-order valence-corrected chi connectivity index (χ1v) is 15.6. The fraction of sp³-hybridized carbons (Fsp3) is 0.471. The lowest BCUT2D eigenvalue weighted by molar-refractivity contribution is -0.137. The lowest BCUT2D eigenvalue weighted by Crippen LogP contribution is -2.56. The third kappa shape index (κ3) is 7.72. The molecular formula is C34H43N5O7. The number of furan rings is 1. The van der Waals surface area contributed by atoms with Gasteiger partial charge in [0, 0.05) is 42.7 Å². The number of carbonyl (C=O) groups is 5. The summed E-state index contributed by atoms with van der Waals surface area (Å²) < 4.78 is 6.91. The van der Waals surface area contributed by atoms with E-state index in [0.717, 1.165) is 23.8 Å². The summed E-state index contributed by atoms with van der Waals surface area (Å²) in [5, 5.41) is 11.4. The number of pyridine rings is 1. The van der Waals surface area contributed by atoms with Gasteiger partial charge in [-0.1, -0.05) is 32.0 Å². The van der Waals surface area contributed by atoms with E-state index in [9.17, 15) is 28.8 Å². The van der Waals surface area contributed by atoms with Crippen molar-refractivity contribution in [1.29, 1.82) is 0 Å². The smallest absolute Gasteiger partial charge is 0.287 e. The Kier molecular flexibility index (Phi) is 10.8. The van der Waals surface area contributed by atoms with Crippen molar-refractivity contribution in [3.63, 3.8) is 0 Å². The van der Waals surface area contributed by atoms with Gasteiger partial charge in [0.2, 0.25) is 18.1 Å². The average molecular weight is 634 g/mol. The number of aryl methyl sites for hydroxylation is 1. The van der Waals surface area contributed by atoms with Crippen molar-refractivity contribution in [2.45, 2.75) is 78.4 Å². The maximum atomic E-state index is 12.3. The van der Waals surface area contributed by atoms with Gasteiger partial charge in [-0.05, 0) is 75.0 Å². The lowest BCUT2D eigenvalue weighted by Gasteiger charge is -2.58. The molecule has 6 rings (SSSR count). The van der Waals surface area contributed by atoms with Gasteiger partial charge in [0.25, 0.3) is 17.4 Å². The highest BCUT2D eigenvalue weighted by atomic mass is 16.3. The Hall–Kier alpha value is -4.74. The largest absolute Gasteiger partial charge is 0.451 e. The maximum Gasteiger partial charge on any atom is 0.287 e. The summed E-state index contributed by atoms with van der Waals surface area (Å²) in [7, 11) is 1.41. The van der Waals surface area contributed by atoms with Crippen molar-refractivity contribution in [3.8, 4) is 0 Å². The van der Waals surface area contributed by atoms with Gasteiger partial charge >= 0.3 is 0 Å². The van der Waals surface area contributed by atoms with Crippen LogP contribution in [0.2, 0.25) is 0 Å². The van der Waals surface area contributed by atoms with Crippen LogP contribution in [0.5, 0.6) is 0 Å². The molecule has 0 aliphatic heterocycles. The number of likely N-dealkylation sites (N-methyl/N-ethyl adjacent to an activating group) is 1. The van der Waals surface area contributed by atoms with Crippen LogP contribution in [0.15, 0.2) is 51.8 Å². The first kappa shape index (κ1) is 34.1. The fourth-order valence-electron chi connectivity index (χ4n) is 6.44. The molecule has 3 saturated carbocycles. The first-order valence-electron chi connectivity index (χ1n) is 15.6. The third-order valence-corrected chi connectivity index (χ3v) is 9.44. The lowest BCUT2D eigenvalue weighted by atomic mass is 9.48. The van der Waals surface area contributed by atoms with Crippen LogP contribution in [0.25, 0.3) is 11.0 Å². The number of carbonyl (C=O) groups excluding carboxylic acids is 5. The number of hydrogen-bond acceptors (Lipinski definition) is 7. The number of benzene rings is 1. The highest BCUT2D eigenvalue weighted by Gasteiger charge is 2.52. The number of nitrogens with zero attached hydrogens (tertiary/aromatic N) is 1. The number of aromatic nitrogens is 1. The summed E-state index contributed by atoms with van der Waals surface area (Å²) in [5.74, 6) is 0.0719. The van der Waals surface area contributed by atoms with Gasteiger partial charge in [0.05, 0.1) is 0 Å².